The molecule has 0 saturated carbocycles. The summed E-state index contributed by atoms with van der Waals surface area (Å²) in [6.07, 6.45) is 7.15. The number of anilines is 1. The first-order valence-electron chi connectivity index (χ1n) is 9.37. The average molecular weight is 398 g/mol. The van der Waals surface area contributed by atoms with Crippen LogP contribution < -0.4 is 5.32 Å². The van der Waals surface area contributed by atoms with Gasteiger partial charge in [0.05, 0.1) is 17.2 Å². The van der Waals surface area contributed by atoms with Crippen LogP contribution >= 0.6 is 11.3 Å². The summed E-state index contributed by atoms with van der Waals surface area (Å²) in [5, 5.41) is 5.04. The smallest absolute Gasteiger partial charge is 0.274 e. The second-order valence-corrected chi connectivity index (χ2v) is 7.31. The fourth-order valence-corrected chi connectivity index (χ4v) is 3.37. The van der Waals surface area contributed by atoms with Crippen molar-refractivity contribution in [3.8, 4) is 0 Å². The lowest BCUT2D eigenvalue weighted by molar-refractivity contribution is -0.116. The molecule has 0 radical (unpaired) electrons. The van der Waals surface area contributed by atoms with Crippen molar-refractivity contribution in [3.63, 3.8) is 0 Å². The zero-order valence-electron chi connectivity index (χ0n) is 15.8. The number of para-hydroxylation sites is 2. The number of hydrogen-bond acceptors (Lipinski definition) is 6. The minimum atomic E-state index is -0.288. The number of thiazole rings is 1. The SMILES string of the molecule is CCCCCCN(CC(=O)Nc1nccs1)C(=O)c1cnc2ccccc2n1. The molecular weight excluding hydrogens is 374 g/mol. The zero-order chi connectivity index (χ0) is 19.8. The van der Waals surface area contributed by atoms with Gasteiger partial charge in [-0.05, 0) is 18.6 Å². The normalized spacial score (nSPS) is 10.8. The van der Waals surface area contributed by atoms with Gasteiger partial charge in [0.25, 0.3) is 5.91 Å². The summed E-state index contributed by atoms with van der Waals surface area (Å²) in [7, 11) is 0. The minimum absolute atomic E-state index is 0.0426. The third-order valence-corrected chi connectivity index (χ3v) is 4.94. The quantitative estimate of drug-likeness (QED) is 0.556. The maximum Gasteiger partial charge on any atom is 0.274 e. The van der Waals surface area contributed by atoms with E-state index in [1.807, 2.05) is 24.3 Å². The van der Waals surface area contributed by atoms with Crippen molar-refractivity contribution in [3.05, 3.63) is 47.7 Å². The van der Waals surface area contributed by atoms with Gasteiger partial charge in [-0.3, -0.25) is 14.6 Å². The Morgan fingerprint density at radius 2 is 1.93 bits per heavy atom. The standard InChI is InChI=1S/C20H23N5O2S/c1-2-3-4-7-11-25(14-18(26)24-20-21-10-12-28-20)19(27)17-13-22-15-8-5-6-9-16(15)23-17/h5-6,8-10,12-13H,2-4,7,11,14H2,1H3,(H,21,24,26). The molecule has 2 amide bonds. The Balaban J connectivity index is 1.73. The third-order valence-electron chi connectivity index (χ3n) is 4.25. The highest BCUT2D eigenvalue weighted by Gasteiger charge is 2.21. The number of aromatic nitrogens is 3. The second kappa shape index (κ2) is 9.89. The first kappa shape index (κ1) is 19.9. The predicted molar refractivity (Wildman–Crippen MR) is 110 cm³/mol. The van der Waals surface area contributed by atoms with Crippen LogP contribution in [-0.2, 0) is 4.79 Å². The van der Waals surface area contributed by atoms with E-state index in [1.54, 1.807) is 11.6 Å². The number of benzene rings is 1. The Labute approximate surface area is 167 Å². The molecule has 0 unspecified atom stereocenters. The summed E-state index contributed by atoms with van der Waals surface area (Å²) in [5.41, 5.74) is 1.64. The van der Waals surface area contributed by atoms with E-state index in [0.717, 1.165) is 31.2 Å². The highest BCUT2D eigenvalue weighted by atomic mass is 32.1. The molecule has 1 aromatic carbocycles. The molecule has 146 valence electrons. The Morgan fingerprint density at radius 3 is 2.68 bits per heavy atom. The topological polar surface area (TPSA) is 88.1 Å². The van der Waals surface area contributed by atoms with Crippen LogP contribution in [0.3, 0.4) is 0 Å². The summed E-state index contributed by atoms with van der Waals surface area (Å²) in [6, 6.07) is 7.40. The van der Waals surface area contributed by atoms with E-state index in [9.17, 15) is 9.59 Å². The van der Waals surface area contributed by atoms with Gasteiger partial charge in [0, 0.05) is 18.1 Å². The molecule has 0 spiro atoms. The van der Waals surface area contributed by atoms with Gasteiger partial charge in [-0.25, -0.2) is 9.97 Å². The van der Waals surface area contributed by atoms with Gasteiger partial charge in [0.15, 0.2) is 5.13 Å². The van der Waals surface area contributed by atoms with Gasteiger partial charge < -0.3 is 10.2 Å². The highest BCUT2D eigenvalue weighted by molar-refractivity contribution is 7.13. The largest absolute Gasteiger partial charge is 0.328 e. The molecule has 2 aromatic heterocycles. The third kappa shape index (κ3) is 5.32. The molecule has 7 nitrogen and oxygen atoms in total. The number of hydrogen-bond donors (Lipinski definition) is 1. The average Bonchev–Trinajstić information content (AvgIpc) is 3.22. The number of nitrogens with one attached hydrogen (secondary N) is 1. The highest BCUT2D eigenvalue weighted by Crippen LogP contribution is 2.13. The molecule has 28 heavy (non-hydrogen) atoms. The molecule has 0 fully saturated rings. The lowest BCUT2D eigenvalue weighted by atomic mass is 10.2. The summed E-state index contributed by atoms with van der Waals surface area (Å²) >= 11 is 1.34. The van der Waals surface area contributed by atoms with Crippen LogP contribution in [-0.4, -0.2) is 44.8 Å². The molecule has 0 atom stereocenters. The van der Waals surface area contributed by atoms with E-state index >= 15 is 0 Å². The number of carbonyl (C=O) groups excluding carboxylic acids is 2. The van der Waals surface area contributed by atoms with Crippen molar-refractivity contribution in [2.24, 2.45) is 0 Å². The Hall–Kier alpha value is -2.87. The van der Waals surface area contributed by atoms with Gasteiger partial charge in [0.2, 0.25) is 5.91 Å². The Kier molecular flexibility index (Phi) is 7.02. The van der Waals surface area contributed by atoms with Crippen LogP contribution in [0.1, 0.15) is 43.1 Å². The van der Waals surface area contributed by atoms with Gasteiger partial charge in [-0.2, -0.15) is 0 Å². The molecular formula is C20H23N5O2S. The van der Waals surface area contributed by atoms with E-state index in [1.165, 1.54) is 22.4 Å². The van der Waals surface area contributed by atoms with E-state index in [-0.39, 0.29) is 24.1 Å². The van der Waals surface area contributed by atoms with Crippen molar-refractivity contribution in [2.75, 3.05) is 18.4 Å². The molecule has 0 aliphatic rings. The van der Waals surface area contributed by atoms with Crippen molar-refractivity contribution in [1.29, 1.82) is 0 Å². The Morgan fingerprint density at radius 1 is 1.11 bits per heavy atom. The minimum Gasteiger partial charge on any atom is -0.328 e. The molecule has 0 aliphatic heterocycles. The van der Waals surface area contributed by atoms with Crippen LogP contribution in [0.2, 0.25) is 0 Å². The zero-order valence-corrected chi connectivity index (χ0v) is 16.6. The van der Waals surface area contributed by atoms with Gasteiger partial charge in [0.1, 0.15) is 12.2 Å². The van der Waals surface area contributed by atoms with Crippen LogP contribution in [0.5, 0.6) is 0 Å². The first-order valence-corrected chi connectivity index (χ1v) is 10.3. The maximum atomic E-state index is 13.0. The van der Waals surface area contributed by atoms with E-state index in [2.05, 4.69) is 27.2 Å². The molecule has 3 rings (SSSR count). The second-order valence-electron chi connectivity index (χ2n) is 6.42. The molecule has 0 aliphatic carbocycles. The van der Waals surface area contributed by atoms with Crippen molar-refractivity contribution in [2.45, 2.75) is 32.6 Å². The summed E-state index contributed by atoms with van der Waals surface area (Å²) in [6.45, 7) is 2.59. The monoisotopic (exact) mass is 397 g/mol. The Bertz CT molecular complexity index is 929. The molecule has 0 bridgehead atoms. The van der Waals surface area contributed by atoms with E-state index in [4.69, 9.17) is 0 Å². The van der Waals surface area contributed by atoms with Crippen molar-refractivity contribution < 1.29 is 9.59 Å². The van der Waals surface area contributed by atoms with Gasteiger partial charge >= 0.3 is 0 Å². The number of nitrogens with zero attached hydrogens (tertiary/aromatic N) is 4. The summed E-state index contributed by atoms with van der Waals surface area (Å²) < 4.78 is 0. The maximum absolute atomic E-state index is 13.0. The van der Waals surface area contributed by atoms with E-state index in [0.29, 0.717) is 17.2 Å². The molecule has 3 aromatic rings. The number of rotatable bonds is 9. The lowest BCUT2D eigenvalue weighted by Crippen LogP contribution is -2.39. The number of carbonyl (C=O) groups is 2. The summed E-state index contributed by atoms with van der Waals surface area (Å²) in [4.78, 5) is 39.7. The number of fused-ring (bicyclic) bond motifs is 1. The molecule has 1 N–H and O–H groups in total. The van der Waals surface area contributed by atoms with Crippen LogP contribution in [0.4, 0.5) is 5.13 Å². The molecule has 0 saturated heterocycles. The molecule has 2 heterocycles. The van der Waals surface area contributed by atoms with Crippen molar-refractivity contribution in [1.82, 2.24) is 19.9 Å². The number of amides is 2. The molecule has 8 heteroatoms. The predicted octanol–water partition coefficient (Wildman–Crippen LogP) is 3.75. The van der Waals surface area contributed by atoms with E-state index < -0.39 is 0 Å². The summed E-state index contributed by atoms with van der Waals surface area (Å²) in [5.74, 6) is -0.559. The number of unbranched alkanes of at least 4 members (excludes halogenated alkanes) is 3. The van der Waals surface area contributed by atoms with Crippen molar-refractivity contribution >= 4 is 39.3 Å². The first-order chi connectivity index (χ1) is 13.7. The van der Waals surface area contributed by atoms with Gasteiger partial charge in [-0.15, -0.1) is 11.3 Å². The fourth-order valence-electron chi connectivity index (χ4n) is 2.82. The van der Waals surface area contributed by atoms with Crippen LogP contribution in [0.25, 0.3) is 11.0 Å². The van der Waals surface area contributed by atoms with Gasteiger partial charge in [-0.1, -0.05) is 38.3 Å². The van der Waals surface area contributed by atoms with Crippen LogP contribution in [0.15, 0.2) is 42.0 Å². The fraction of sp³-hybridized carbons (Fsp3) is 0.350. The lowest BCUT2D eigenvalue weighted by Gasteiger charge is -2.21. The van der Waals surface area contributed by atoms with Crippen LogP contribution in [0, 0.1) is 0 Å².